The molecule has 0 aliphatic rings. The highest BCUT2D eigenvalue weighted by Gasteiger charge is 2.35. The quantitative estimate of drug-likeness (QED) is 0.689. The van der Waals surface area contributed by atoms with E-state index in [1.165, 1.54) is 6.07 Å². The van der Waals surface area contributed by atoms with Crippen LogP contribution in [0.15, 0.2) is 6.07 Å². The third kappa shape index (κ3) is 6.16. The summed E-state index contributed by atoms with van der Waals surface area (Å²) in [5.41, 5.74) is 0. The normalized spacial score (nSPS) is 13.0. The molecule has 1 aromatic rings. The number of rotatable bonds is 8. The summed E-state index contributed by atoms with van der Waals surface area (Å²) < 4.78 is 38.3. The zero-order valence-electron chi connectivity index (χ0n) is 12.2. The fourth-order valence-corrected chi connectivity index (χ4v) is 1.58. The molecule has 5 nitrogen and oxygen atoms in total. The van der Waals surface area contributed by atoms with Gasteiger partial charge in [-0.3, -0.25) is 0 Å². The summed E-state index contributed by atoms with van der Waals surface area (Å²) in [6.45, 7) is 4.62. The zero-order chi connectivity index (χ0) is 15.9. The van der Waals surface area contributed by atoms with Crippen LogP contribution in [0.5, 0.6) is 0 Å². The number of hydrogen-bond donors (Lipinski definition) is 3. The van der Waals surface area contributed by atoms with Crippen molar-refractivity contribution in [1.29, 1.82) is 0 Å². The lowest BCUT2D eigenvalue weighted by molar-refractivity contribution is -0.144. The van der Waals surface area contributed by atoms with Gasteiger partial charge in [-0.25, -0.2) is 9.97 Å². The second-order valence-corrected chi connectivity index (χ2v) is 4.66. The summed E-state index contributed by atoms with van der Waals surface area (Å²) in [5, 5.41) is 15.0. The van der Waals surface area contributed by atoms with Crippen LogP contribution in [0, 0.1) is 0 Å². The lowest BCUT2D eigenvalue weighted by Crippen LogP contribution is -2.17. The van der Waals surface area contributed by atoms with E-state index in [4.69, 9.17) is 0 Å². The van der Waals surface area contributed by atoms with Crippen molar-refractivity contribution >= 4 is 11.6 Å². The fraction of sp³-hybridized carbons (Fsp3) is 0.692. The van der Waals surface area contributed by atoms with Crippen molar-refractivity contribution in [1.82, 2.24) is 9.97 Å². The van der Waals surface area contributed by atoms with Gasteiger partial charge in [0.05, 0.1) is 6.10 Å². The van der Waals surface area contributed by atoms with Crippen LogP contribution in [0.25, 0.3) is 0 Å². The SMILES string of the molecule is CCCNc1cc(NCCC(O)CC)nc(C(F)(F)F)n1. The Kier molecular flexibility index (Phi) is 6.67. The van der Waals surface area contributed by atoms with Gasteiger partial charge in [-0.1, -0.05) is 13.8 Å². The van der Waals surface area contributed by atoms with E-state index in [0.717, 1.165) is 6.42 Å². The minimum atomic E-state index is -4.59. The fourth-order valence-electron chi connectivity index (χ4n) is 1.58. The molecule has 8 heteroatoms. The van der Waals surface area contributed by atoms with Crippen molar-refractivity contribution < 1.29 is 18.3 Å². The first-order chi connectivity index (χ1) is 9.86. The molecule has 0 aliphatic carbocycles. The number of alkyl halides is 3. The molecule has 3 N–H and O–H groups in total. The molecule has 0 aromatic carbocycles. The topological polar surface area (TPSA) is 70.1 Å². The maximum atomic E-state index is 12.8. The second kappa shape index (κ2) is 8.02. The Balaban J connectivity index is 2.81. The molecule has 0 aliphatic heterocycles. The van der Waals surface area contributed by atoms with E-state index in [-0.39, 0.29) is 11.6 Å². The molecular formula is C13H21F3N4O. The average molecular weight is 306 g/mol. The predicted octanol–water partition coefficient (Wildman–Crippen LogP) is 2.89. The molecular weight excluding hydrogens is 285 g/mol. The molecule has 1 unspecified atom stereocenters. The van der Waals surface area contributed by atoms with Crippen molar-refractivity contribution in [3.05, 3.63) is 11.9 Å². The van der Waals surface area contributed by atoms with Crippen LogP contribution >= 0.6 is 0 Å². The summed E-state index contributed by atoms with van der Waals surface area (Å²) >= 11 is 0. The van der Waals surface area contributed by atoms with Gasteiger partial charge in [-0.2, -0.15) is 13.2 Å². The van der Waals surface area contributed by atoms with Gasteiger partial charge in [0.2, 0.25) is 5.82 Å². The van der Waals surface area contributed by atoms with Gasteiger partial charge in [0.15, 0.2) is 0 Å². The molecule has 1 atom stereocenters. The zero-order valence-corrected chi connectivity index (χ0v) is 12.2. The van der Waals surface area contributed by atoms with Gasteiger partial charge >= 0.3 is 6.18 Å². The molecule has 0 bridgehead atoms. The first-order valence-electron chi connectivity index (χ1n) is 6.98. The maximum absolute atomic E-state index is 12.8. The molecule has 1 aromatic heterocycles. The second-order valence-electron chi connectivity index (χ2n) is 4.66. The van der Waals surface area contributed by atoms with Gasteiger partial charge in [0.1, 0.15) is 11.6 Å². The summed E-state index contributed by atoms with van der Waals surface area (Å²) in [4.78, 5) is 6.93. The summed E-state index contributed by atoms with van der Waals surface area (Å²) in [7, 11) is 0. The van der Waals surface area contributed by atoms with Crippen LogP contribution in [0.1, 0.15) is 38.9 Å². The predicted molar refractivity (Wildman–Crippen MR) is 75.2 cm³/mol. The van der Waals surface area contributed by atoms with E-state index in [0.29, 0.717) is 25.9 Å². The summed E-state index contributed by atoms with van der Waals surface area (Å²) in [5.74, 6) is -0.945. The van der Waals surface area contributed by atoms with Crippen molar-refractivity contribution in [2.75, 3.05) is 23.7 Å². The van der Waals surface area contributed by atoms with Gasteiger partial charge in [-0.15, -0.1) is 0 Å². The molecule has 21 heavy (non-hydrogen) atoms. The number of halogens is 3. The first kappa shape index (κ1) is 17.5. The highest BCUT2D eigenvalue weighted by molar-refractivity contribution is 5.47. The van der Waals surface area contributed by atoms with Gasteiger partial charge < -0.3 is 15.7 Å². The standard InChI is InChI=1S/C13H21F3N4O/c1-3-6-17-10-8-11(18-7-5-9(21)4-2)20-12(19-10)13(14,15)16/h8-9,21H,3-7H2,1-2H3,(H2,17,18,19,20). The minimum absolute atomic E-state index is 0.0965. The van der Waals surface area contributed by atoms with Gasteiger partial charge in [-0.05, 0) is 19.3 Å². The van der Waals surface area contributed by atoms with E-state index < -0.39 is 18.1 Å². The number of nitrogens with zero attached hydrogens (tertiary/aromatic N) is 2. The molecule has 0 saturated heterocycles. The van der Waals surface area contributed by atoms with Gasteiger partial charge in [0, 0.05) is 19.2 Å². The molecule has 0 fully saturated rings. The number of nitrogens with one attached hydrogen (secondary N) is 2. The highest BCUT2D eigenvalue weighted by atomic mass is 19.4. The Bertz CT molecular complexity index is 440. The molecule has 1 heterocycles. The summed E-state index contributed by atoms with van der Waals surface area (Å²) in [6.07, 6.45) is -3.25. The largest absolute Gasteiger partial charge is 0.451 e. The number of anilines is 2. The van der Waals surface area contributed by atoms with Gasteiger partial charge in [0.25, 0.3) is 0 Å². The third-order valence-electron chi connectivity index (χ3n) is 2.79. The van der Waals surface area contributed by atoms with Crippen LogP contribution in [0.3, 0.4) is 0 Å². The van der Waals surface area contributed by atoms with E-state index in [9.17, 15) is 18.3 Å². The van der Waals surface area contributed by atoms with E-state index >= 15 is 0 Å². The summed E-state index contributed by atoms with van der Waals surface area (Å²) in [6, 6.07) is 1.43. The number of aliphatic hydroxyl groups is 1. The van der Waals surface area contributed by atoms with Crippen LogP contribution in [0.4, 0.5) is 24.8 Å². The smallest absolute Gasteiger partial charge is 0.393 e. The molecule has 0 saturated carbocycles. The molecule has 0 radical (unpaired) electrons. The van der Waals surface area contributed by atoms with E-state index in [2.05, 4.69) is 20.6 Å². The Hall–Kier alpha value is -1.57. The number of aromatic nitrogens is 2. The molecule has 120 valence electrons. The third-order valence-corrected chi connectivity index (χ3v) is 2.79. The van der Waals surface area contributed by atoms with E-state index in [1.54, 1.807) is 0 Å². The van der Waals surface area contributed by atoms with Crippen LogP contribution in [-0.4, -0.2) is 34.3 Å². The minimum Gasteiger partial charge on any atom is -0.393 e. The average Bonchev–Trinajstić information content (AvgIpc) is 2.43. The Morgan fingerprint density at radius 3 is 2.19 bits per heavy atom. The monoisotopic (exact) mass is 306 g/mol. The Labute approximate surface area is 122 Å². The molecule has 0 spiro atoms. The van der Waals surface area contributed by atoms with Crippen molar-refractivity contribution in [3.8, 4) is 0 Å². The Morgan fingerprint density at radius 2 is 1.71 bits per heavy atom. The lowest BCUT2D eigenvalue weighted by atomic mass is 10.2. The maximum Gasteiger partial charge on any atom is 0.451 e. The van der Waals surface area contributed by atoms with Crippen LogP contribution in [-0.2, 0) is 6.18 Å². The Morgan fingerprint density at radius 1 is 1.14 bits per heavy atom. The van der Waals surface area contributed by atoms with Crippen LogP contribution < -0.4 is 10.6 Å². The lowest BCUT2D eigenvalue weighted by Gasteiger charge is -2.13. The van der Waals surface area contributed by atoms with Crippen LogP contribution in [0.2, 0.25) is 0 Å². The number of aliphatic hydroxyl groups excluding tert-OH is 1. The molecule has 1 rings (SSSR count). The van der Waals surface area contributed by atoms with E-state index in [1.807, 2.05) is 13.8 Å². The molecule has 0 amide bonds. The number of hydrogen-bond acceptors (Lipinski definition) is 5. The van der Waals surface area contributed by atoms with Crippen molar-refractivity contribution in [2.24, 2.45) is 0 Å². The highest BCUT2D eigenvalue weighted by Crippen LogP contribution is 2.28. The first-order valence-corrected chi connectivity index (χ1v) is 6.98. The van der Waals surface area contributed by atoms with Crippen molar-refractivity contribution in [3.63, 3.8) is 0 Å². The van der Waals surface area contributed by atoms with Crippen molar-refractivity contribution in [2.45, 2.75) is 45.4 Å².